The van der Waals surface area contributed by atoms with E-state index in [1.54, 1.807) is 12.1 Å². The minimum atomic E-state index is -3.69. The van der Waals surface area contributed by atoms with Crippen molar-refractivity contribution in [3.05, 3.63) is 29.8 Å². The highest BCUT2D eigenvalue weighted by Gasteiger charge is 2.20. The van der Waals surface area contributed by atoms with Gasteiger partial charge in [-0.15, -0.1) is 0 Å². The minimum absolute atomic E-state index is 0.127. The first-order chi connectivity index (χ1) is 10.4. The standard InChI is InChI=1S/C13H16BrN3O4S/c1-9-2-4-11(5-3-9)22(19,20)16-8-13(18)15-7-10-6-12(14)17-21-10/h2-5,10,16H,6-8H2,1H3,(H,15,18). The molecule has 1 amide bonds. The zero-order valence-electron chi connectivity index (χ0n) is 11.9. The third-order valence-electron chi connectivity index (χ3n) is 2.98. The maximum absolute atomic E-state index is 12.0. The van der Waals surface area contributed by atoms with Crippen LogP contribution in [-0.2, 0) is 19.7 Å². The predicted molar refractivity (Wildman–Crippen MR) is 85.2 cm³/mol. The molecular weight excluding hydrogens is 374 g/mol. The summed E-state index contributed by atoms with van der Waals surface area (Å²) < 4.78 is 27.0. The number of hydrogen-bond donors (Lipinski definition) is 2. The van der Waals surface area contributed by atoms with Crippen LogP contribution in [-0.4, -0.2) is 38.1 Å². The zero-order valence-corrected chi connectivity index (χ0v) is 14.3. The van der Waals surface area contributed by atoms with Gasteiger partial charge in [0.2, 0.25) is 15.9 Å². The molecule has 22 heavy (non-hydrogen) atoms. The number of carbonyl (C=O) groups excluding carboxylic acids is 1. The van der Waals surface area contributed by atoms with Gasteiger partial charge in [-0.1, -0.05) is 22.9 Å². The van der Waals surface area contributed by atoms with Gasteiger partial charge in [0, 0.05) is 6.42 Å². The topological polar surface area (TPSA) is 96.9 Å². The molecule has 120 valence electrons. The van der Waals surface area contributed by atoms with Crippen molar-refractivity contribution in [3.63, 3.8) is 0 Å². The highest BCUT2D eigenvalue weighted by Crippen LogP contribution is 2.13. The molecule has 2 rings (SSSR count). The van der Waals surface area contributed by atoms with Crippen molar-refractivity contribution in [2.24, 2.45) is 5.16 Å². The van der Waals surface area contributed by atoms with E-state index in [-0.39, 0.29) is 24.1 Å². The number of amides is 1. The van der Waals surface area contributed by atoms with E-state index < -0.39 is 15.9 Å². The van der Waals surface area contributed by atoms with Gasteiger partial charge in [-0.25, -0.2) is 13.1 Å². The van der Waals surface area contributed by atoms with Crippen molar-refractivity contribution in [2.45, 2.75) is 24.3 Å². The second-order valence-corrected chi connectivity index (χ2v) is 7.52. The fourth-order valence-corrected chi connectivity index (χ4v) is 3.18. The average molecular weight is 390 g/mol. The van der Waals surface area contributed by atoms with E-state index in [1.807, 2.05) is 6.92 Å². The molecule has 7 nitrogen and oxygen atoms in total. The van der Waals surface area contributed by atoms with Gasteiger partial charge in [0.05, 0.1) is 18.0 Å². The molecule has 1 aromatic rings. The Kier molecular flexibility index (Phi) is 5.54. The van der Waals surface area contributed by atoms with Crippen molar-refractivity contribution >= 4 is 36.5 Å². The zero-order chi connectivity index (χ0) is 16.2. The number of aryl methyl sites for hydroxylation is 1. The first-order valence-corrected chi connectivity index (χ1v) is 8.85. The highest BCUT2D eigenvalue weighted by atomic mass is 79.9. The summed E-state index contributed by atoms with van der Waals surface area (Å²) in [5, 5.41) is 6.29. The van der Waals surface area contributed by atoms with E-state index in [0.717, 1.165) is 5.56 Å². The first kappa shape index (κ1) is 16.9. The van der Waals surface area contributed by atoms with Gasteiger partial charge >= 0.3 is 0 Å². The molecule has 1 aliphatic heterocycles. The molecule has 0 saturated carbocycles. The lowest BCUT2D eigenvalue weighted by atomic mass is 10.2. The Labute approximate surface area is 137 Å². The molecule has 0 saturated heterocycles. The number of hydrogen-bond acceptors (Lipinski definition) is 5. The maximum atomic E-state index is 12.0. The summed E-state index contributed by atoms with van der Waals surface area (Å²) in [4.78, 5) is 16.8. The molecule has 1 atom stereocenters. The maximum Gasteiger partial charge on any atom is 0.241 e. The van der Waals surface area contributed by atoms with Crippen LogP contribution in [0.25, 0.3) is 0 Å². The van der Waals surface area contributed by atoms with Gasteiger partial charge in [-0.3, -0.25) is 4.79 Å². The lowest BCUT2D eigenvalue weighted by Gasteiger charge is -2.10. The van der Waals surface area contributed by atoms with Gasteiger partial charge in [0.1, 0.15) is 4.62 Å². The third-order valence-corrected chi connectivity index (χ3v) is 4.86. The molecule has 2 N–H and O–H groups in total. The van der Waals surface area contributed by atoms with E-state index in [9.17, 15) is 13.2 Å². The smallest absolute Gasteiger partial charge is 0.241 e. The summed E-state index contributed by atoms with van der Waals surface area (Å²) in [6.45, 7) is 1.80. The molecular formula is C13H16BrN3O4S. The Bertz CT molecular complexity index is 673. The van der Waals surface area contributed by atoms with Crippen LogP contribution in [0, 0.1) is 6.92 Å². The summed E-state index contributed by atoms with van der Waals surface area (Å²) in [5.41, 5.74) is 0.960. The van der Waals surface area contributed by atoms with Crippen LogP contribution >= 0.6 is 15.9 Å². The number of carbonyl (C=O) groups is 1. The number of rotatable bonds is 6. The van der Waals surface area contributed by atoms with Crippen LogP contribution in [0.2, 0.25) is 0 Å². The second-order valence-electron chi connectivity index (χ2n) is 4.84. The van der Waals surface area contributed by atoms with Gasteiger partial charge < -0.3 is 10.2 Å². The quantitative estimate of drug-likeness (QED) is 0.754. The summed E-state index contributed by atoms with van der Waals surface area (Å²) in [7, 11) is -3.69. The molecule has 0 radical (unpaired) electrons. The number of sulfonamides is 1. The molecule has 0 aliphatic carbocycles. The molecule has 1 unspecified atom stereocenters. The van der Waals surface area contributed by atoms with E-state index in [2.05, 4.69) is 31.1 Å². The SMILES string of the molecule is Cc1ccc(S(=O)(=O)NCC(=O)NCC2CC(Br)=NO2)cc1. The Hall–Kier alpha value is -1.45. The number of halogens is 1. The molecule has 0 spiro atoms. The van der Waals surface area contributed by atoms with Crippen LogP contribution in [0.4, 0.5) is 0 Å². The molecule has 1 heterocycles. The fourth-order valence-electron chi connectivity index (χ4n) is 1.76. The third kappa shape index (κ3) is 4.79. The monoisotopic (exact) mass is 389 g/mol. The molecule has 0 fully saturated rings. The number of benzene rings is 1. The summed E-state index contributed by atoms with van der Waals surface area (Å²) in [5.74, 6) is -0.428. The van der Waals surface area contributed by atoms with E-state index >= 15 is 0 Å². The summed E-state index contributed by atoms with van der Waals surface area (Å²) in [6.07, 6.45) is 0.349. The van der Waals surface area contributed by atoms with E-state index in [1.165, 1.54) is 12.1 Å². The van der Waals surface area contributed by atoms with Crippen LogP contribution < -0.4 is 10.0 Å². The second kappa shape index (κ2) is 7.21. The van der Waals surface area contributed by atoms with Crippen LogP contribution in [0.1, 0.15) is 12.0 Å². The lowest BCUT2D eigenvalue weighted by molar-refractivity contribution is -0.120. The molecule has 1 aromatic carbocycles. The summed E-state index contributed by atoms with van der Waals surface area (Å²) in [6, 6.07) is 6.39. The van der Waals surface area contributed by atoms with Crippen LogP contribution in [0.3, 0.4) is 0 Å². The number of nitrogens with zero attached hydrogens (tertiary/aromatic N) is 1. The molecule has 0 aromatic heterocycles. The number of oxime groups is 1. The molecule has 1 aliphatic rings. The van der Waals surface area contributed by atoms with Gasteiger partial charge in [0.25, 0.3) is 0 Å². The largest absolute Gasteiger partial charge is 0.390 e. The highest BCUT2D eigenvalue weighted by molar-refractivity contribution is 9.18. The Morgan fingerprint density at radius 3 is 2.68 bits per heavy atom. The van der Waals surface area contributed by atoms with Gasteiger partial charge in [0.15, 0.2) is 6.10 Å². The molecule has 0 bridgehead atoms. The van der Waals surface area contributed by atoms with Crippen molar-refractivity contribution < 1.29 is 18.0 Å². The van der Waals surface area contributed by atoms with Crippen LogP contribution in [0.5, 0.6) is 0 Å². The minimum Gasteiger partial charge on any atom is -0.390 e. The van der Waals surface area contributed by atoms with Crippen molar-refractivity contribution in [1.29, 1.82) is 0 Å². The fraction of sp³-hybridized carbons (Fsp3) is 0.385. The first-order valence-electron chi connectivity index (χ1n) is 6.58. The predicted octanol–water partition coefficient (Wildman–Crippen LogP) is 0.887. The van der Waals surface area contributed by atoms with Gasteiger partial charge in [-0.05, 0) is 35.0 Å². The normalized spacial score (nSPS) is 17.7. The summed E-state index contributed by atoms with van der Waals surface area (Å²) >= 11 is 3.19. The van der Waals surface area contributed by atoms with Crippen molar-refractivity contribution in [3.8, 4) is 0 Å². The van der Waals surface area contributed by atoms with Gasteiger partial charge in [-0.2, -0.15) is 0 Å². The lowest BCUT2D eigenvalue weighted by Crippen LogP contribution is -2.40. The van der Waals surface area contributed by atoms with Crippen molar-refractivity contribution in [1.82, 2.24) is 10.0 Å². The Morgan fingerprint density at radius 2 is 2.09 bits per heavy atom. The van der Waals surface area contributed by atoms with Crippen molar-refractivity contribution in [2.75, 3.05) is 13.1 Å². The van der Waals surface area contributed by atoms with Crippen LogP contribution in [0.15, 0.2) is 34.3 Å². The average Bonchev–Trinajstić information content (AvgIpc) is 2.89. The molecule has 9 heteroatoms. The van der Waals surface area contributed by atoms with E-state index in [0.29, 0.717) is 11.0 Å². The Balaban J connectivity index is 1.79. The Morgan fingerprint density at radius 1 is 1.41 bits per heavy atom. The van der Waals surface area contributed by atoms with E-state index in [4.69, 9.17) is 4.84 Å². The number of nitrogens with one attached hydrogen (secondary N) is 2.